The van der Waals surface area contributed by atoms with Crippen LogP contribution in [0, 0.1) is 0 Å². The van der Waals surface area contributed by atoms with E-state index in [1.54, 1.807) is 0 Å². The van der Waals surface area contributed by atoms with Crippen LogP contribution >= 0.6 is 0 Å². The summed E-state index contributed by atoms with van der Waals surface area (Å²) in [5.41, 5.74) is 0. The largest absolute Gasteiger partial charge is 0.466 e. The Morgan fingerprint density at radius 1 is 0.333 bits per heavy atom. The summed E-state index contributed by atoms with van der Waals surface area (Å²) in [6.07, 6.45) is 89.6. The van der Waals surface area contributed by atoms with Crippen LogP contribution in [0.5, 0.6) is 0 Å². The number of carbonyl (C=O) groups is 2. The van der Waals surface area contributed by atoms with E-state index >= 15 is 0 Å². The minimum Gasteiger partial charge on any atom is -0.466 e. The van der Waals surface area contributed by atoms with E-state index in [-0.39, 0.29) is 18.5 Å². The van der Waals surface area contributed by atoms with Crippen LogP contribution < -0.4 is 5.32 Å². The second-order valence-corrected chi connectivity index (χ2v) is 25.6. The number of allylic oxidation sites excluding steroid dienone is 4. The van der Waals surface area contributed by atoms with Gasteiger partial charge in [0, 0.05) is 12.8 Å². The molecule has 0 heterocycles. The molecule has 3 N–H and O–H groups in total. The van der Waals surface area contributed by atoms with Gasteiger partial charge in [-0.25, -0.2) is 0 Å². The lowest BCUT2D eigenvalue weighted by molar-refractivity contribution is -0.143. The molecule has 81 heavy (non-hydrogen) atoms. The molecule has 2 unspecified atom stereocenters. The van der Waals surface area contributed by atoms with Gasteiger partial charge in [-0.3, -0.25) is 9.59 Å². The van der Waals surface area contributed by atoms with Crippen LogP contribution in [0.4, 0.5) is 0 Å². The number of hydrogen-bond donors (Lipinski definition) is 3. The summed E-state index contributed by atoms with van der Waals surface area (Å²) in [4.78, 5) is 24.6. The van der Waals surface area contributed by atoms with Crippen molar-refractivity contribution in [2.24, 2.45) is 0 Å². The van der Waals surface area contributed by atoms with Crippen LogP contribution in [0.3, 0.4) is 0 Å². The van der Waals surface area contributed by atoms with Crippen molar-refractivity contribution >= 4 is 11.9 Å². The number of nitrogens with one attached hydrogen (secondary N) is 1. The number of hydrogen-bond acceptors (Lipinski definition) is 5. The van der Waals surface area contributed by atoms with Crippen LogP contribution in [-0.4, -0.2) is 47.4 Å². The number of amides is 1. The van der Waals surface area contributed by atoms with Gasteiger partial charge in [-0.2, -0.15) is 0 Å². The molecule has 2 atom stereocenters. The van der Waals surface area contributed by atoms with Gasteiger partial charge in [-0.1, -0.05) is 359 Å². The molecule has 0 aromatic rings. The van der Waals surface area contributed by atoms with Gasteiger partial charge in [0.2, 0.25) is 5.91 Å². The predicted molar refractivity (Wildman–Crippen MR) is 356 cm³/mol. The Hall–Kier alpha value is -1.66. The molecule has 0 radical (unpaired) electrons. The van der Waals surface area contributed by atoms with Crippen molar-refractivity contribution < 1.29 is 24.5 Å². The second kappa shape index (κ2) is 70.8. The number of esters is 1. The lowest BCUT2D eigenvalue weighted by atomic mass is 10.0. The minimum atomic E-state index is -0.663. The lowest BCUT2D eigenvalue weighted by Crippen LogP contribution is -2.45. The van der Waals surface area contributed by atoms with Crippen molar-refractivity contribution in [2.45, 2.75) is 431 Å². The molecule has 0 saturated heterocycles. The molecule has 480 valence electrons. The van der Waals surface area contributed by atoms with Crippen LogP contribution in [-0.2, 0) is 14.3 Å². The number of carbonyl (C=O) groups excluding carboxylic acids is 2. The highest BCUT2D eigenvalue weighted by molar-refractivity contribution is 5.76. The molecule has 1 amide bonds. The molecule has 6 nitrogen and oxygen atoms in total. The first kappa shape index (κ1) is 79.3. The quantitative estimate of drug-likeness (QED) is 0.0320. The molecule has 0 bridgehead atoms. The SMILES string of the molecule is CCCC/C=C\CCCCCCCC(=O)OCCCCCCCCCCCCCC/C=C\CCCCCCCCCCCCCCCCCCC(=O)NC(CO)C(O)CCCCCCCCCCCCCCCCCCCCCCC. The van der Waals surface area contributed by atoms with Gasteiger partial charge in [0.15, 0.2) is 0 Å². The van der Waals surface area contributed by atoms with Crippen LogP contribution in [0.25, 0.3) is 0 Å². The third-order valence-corrected chi connectivity index (χ3v) is 17.5. The maximum atomic E-state index is 12.6. The molecule has 0 aliphatic carbocycles. The van der Waals surface area contributed by atoms with E-state index < -0.39 is 12.1 Å². The van der Waals surface area contributed by atoms with Gasteiger partial charge in [-0.05, 0) is 70.6 Å². The number of aliphatic hydroxyl groups is 2. The predicted octanol–water partition coefficient (Wildman–Crippen LogP) is 24.1. The van der Waals surface area contributed by atoms with Gasteiger partial charge >= 0.3 is 5.97 Å². The fraction of sp³-hybridized carbons (Fsp3) is 0.920. The van der Waals surface area contributed by atoms with Crippen molar-refractivity contribution in [3.8, 4) is 0 Å². The van der Waals surface area contributed by atoms with Gasteiger partial charge < -0.3 is 20.3 Å². The maximum absolute atomic E-state index is 12.6. The molecule has 0 aromatic carbocycles. The molecule has 0 rings (SSSR count). The maximum Gasteiger partial charge on any atom is 0.305 e. The molecular formula is C75H145NO5. The summed E-state index contributed by atoms with van der Waals surface area (Å²) in [7, 11) is 0. The molecule has 0 fully saturated rings. The molecular weight excluding hydrogens is 995 g/mol. The first-order chi connectivity index (χ1) is 40.0. The average Bonchev–Trinajstić information content (AvgIpc) is 3.47. The monoisotopic (exact) mass is 1140 g/mol. The summed E-state index contributed by atoms with van der Waals surface area (Å²) < 4.78 is 5.47. The second-order valence-electron chi connectivity index (χ2n) is 25.6. The smallest absolute Gasteiger partial charge is 0.305 e. The van der Waals surface area contributed by atoms with Crippen molar-refractivity contribution in [1.82, 2.24) is 5.32 Å². The lowest BCUT2D eigenvalue weighted by Gasteiger charge is -2.22. The van der Waals surface area contributed by atoms with E-state index in [9.17, 15) is 19.8 Å². The highest BCUT2D eigenvalue weighted by atomic mass is 16.5. The van der Waals surface area contributed by atoms with Crippen molar-refractivity contribution in [3.63, 3.8) is 0 Å². The Labute approximate surface area is 507 Å². The van der Waals surface area contributed by atoms with E-state index in [2.05, 4.69) is 43.5 Å². The third-order valence-electron chi connectivity index (χ3n) is 17.5. The van der Waals surface area contributed by atoms with Crippen LogP contribution in [0.2, 0.25) is 0 Å². The fourth-order valence-corrected chi connectivity index (χ4v) is 11.8. The summed E-state index contributed by atoms with van der Waals surface area (Å²) in [6.45, 7) is 4.96. The van der Waals surface area contributed by atoms with Crippen LogP contribution in [0.1, 0.15) is 418 Å². The number of aliphatic hydroxyl groups excluding tert-OH is 2. The number of rotatable bonds is 70. The van der Waals surface area contributed by atoms with Gasteiger partial charge in [-0.15, -0.1) is 0 Å². The Kier molecular flexibility index (Phi) is 69.4. The highest BCUT2D eigenvalue weighted by Crippen LogP contribution is 2.19. The molecule has 0 aromatic heterocycles. The molecule has 0 saturated carbocycles. The first-order valence-corrected chi connectivity index (χ1v) is 37.1. The molecule has 0 aliphatic heterocycles. The zero-order chi connectivity index (χ0) is 58.5. The minimum absolute atomic E-state index is 0.00773. The van der Waals surface area contributed by atoms with Gasteiger partial charge in [0.25, 0.3) is 0 Å². The summed E-state index contributed by atoms with van der Waals surface area (Å²) in [5.74, 6) is -0.0197. The Morgan fingerprint density at radius 2 is 0.593 bits per heavy atom. The number of unbranched alkanes of at least 4 members (excludes halogenated alkanes) is 55. The zero-order valence-corrected chi connectivity index (χ0v) is 55.0. The first-order valence-electron chi connectivity index (χ1n) is 37.1. The van der Waals surface area contributed by atoms with E-state index in [0.29, 0.717) is 25.9 Å². The van der Waals surface area contributed by atoms with E-state index in [4.69, 9.17) is 4.74 Å². The standard InChI is InChI=1S/C75H145NO5/c1-3-5-7-9-11-13-15-16-17-18-19-32-35-38-41-44-48-51-55-59-63-67-73(78)72(71-77)76-74(79)68-64-60-56-52-49-45-42-39-36-33-30-28-26-24-22-20-21-23-25-27-29-31-34-37-40-43-46-50-54-58-62-66-70-81-75(80)69-65-61-57-53-47-14-12-10-8-6-4-2/h10,12,23,25,72-73,77-78H,3-9,11,13-22,24,26-71H2,1-2H3,(H,76,79)/b12-10-,25-23-. The van der Waals surface area contributed by atoms with E-state index in [1.807, 2.05) is 0 Å². The third kappa shape index (κ3) is 67.3. The normalized spacial score (nSPS) is 12.6. The average molecular weight is 1140 g/mol. The topological polar surface area (TPSA) is 95.9 Å². The number of ether oxygens (including phenoxy) is 1. The van der Waals surface area contributed by atoms with E-state index in [1.165, 1.54) is 340 Å². The summed E-state index contributed by atoms with van der Waals surface area (Å²) in [5, 5.41) is 23.4. The molecule has 0 spiro atoms. The van der Waals surface area contributed by atoms with Crippen molar-refractivity contribution in [1.29, 1.82) is 0 Å². The fourth-order valence-electron chi connectivity index (χ4n) is 11.8. The summed E-state index contributed by atoms with van der Waals surface area (Å²) >= 11 is 0. The molecule has 0 aliphatic rings. The zero-order valence-electron chi connectivity index (χ0n) is 55.0. The van der Waals surface area contributed by atoms with Gasteiger partial charge in [0.1, 0.15) is 0 Å². The van der Waals surface area contributed by atoms with Crippen molar-refractivity contribution in [3.05, 3.63) is 24.3 Å². The molecule has 6 heteroatoms. The van der Waals surface area contributed by atoms with Crippen molar-refractivity contribution in [2.75, 3.05) is 13.2 Å². The highest BCUT2D eigenvalue weighted by Gasteiger charge is 2.20. The van der Waals surface area contributed by atoms with Crippen LogP contribution in [0.15, 0.2) is 24.3 Å². The van der Waals surface area contributed by atoms with E-state index in [0.717, 1.165) is 44.9 Å². The Bertz CT molecular complexity index is 1270. The van der Waals surface area contributed by atoms with Gasteiger partial charge in [0.05, 0.1) is 25.4 Å². The Balaban J connectivity index is 3.36. The summed E-state index contributed by atoms with van der Waals surface area (Å²) in [6, 6.07) is -0.540. The Morgan fingerprint density at radius 3 is 0.914 bits per heavy atom.